The summed E-state index contributed by atoms with van der Waals surface area (Å²) >= 11 is 0. The molecule has 3 nitrogen and oxygen atoms in total. The number of para-hydroxylation sites is 1. The molecule has 3 heterocycles. The van der Waals surface area contributed by atoms with Gasteiger partial charge in [0.2, 0.25) is 0 Å². The van der Waals surface area contributed by atoms with Gasteiger partial charge in [0.25, 0.3) is 0 Å². The van der Waals surface area contributed by atoms with Crippen LogP contribution < -0.4 is 10.2 Å². The molecule has 3 aliphatic heterocycles. The third-order valence-corrected chi connectivity index (χ3v) is 5.52. The Morgan fingerprint density at radius 2 is 1.55 bits per heavy atom. The Kier molecular flexibility index (Phi) is 3.41. The lowest BCUT2D eigenvalue weighted by molar-refractivity contribution is 0.194. The maximum atomic E-state index is 3.54. The van der Waals surface area contributed by atoms with E-state index in [4.69, 9.17) is 0 Å². The van der Waals surface area contributed by atoms with E-state index in [1.807, 2.05) is 0 Å². The highest BCUT2D eigenvalue weighted by atomic mass is 15.2. The molecular weight excluding hydrogens is 246 g/mol. The minimum atomic E-state index is 0.834. The van der Waals surface area contributed by atoms with Crippen LogP contribution in [0.15, 0.2) is 30.3 Å². The molecule has 2 atom stereocenters. The molecule has 3 heteroatoms. The quantitative estimate of drug-likeness (QED) is 0.885. The zero-order valence-corrected chi connectivity index (χ0v) is 12.2. The molecule has 0 saturated carbocycles. The molecule has 0 aromatic heterocycles. The highest BCUT2D eigenvalue weighted by molar-refractivity contribution is 5.46. The van der Waals surface area contributed by atoms with E-state index in [9.17, 15) is 0 Å². The molecule has 3 fully saturated rings. The van der Waals surface area contributed by atoms with Crippen molar-refractivity contribution in [2.75, 3.05) is 44.2 Å². The van der Waals surface area contributed by atoms with E-state index in [1.54, 1.807) is 0 Å². The van der Waals surface area contributed by atoms with Crippen molar-refractivity contribution >= 4 is 5.69 Å². The first-order valence-electron chi connectivity index (χ1n) is 8.15. The fourth-order valence-corrected chi connectivity index (χ4v) is 4.32. The first kappa shape index (κ1) is 12.7. The van der Waals surface area contributed by atoms with Gasteiger partial charge in [0.15, 0.2) is 0 Å². The molecule has 3 saturated heterocycles. The van der Waals surface area contributed by atoms with Crippen LogP contribution in [0.2, 0.25) is 0 Å². The number of fused-ring (bicyclic) bond motifs is 1. The van der Waals surface area contributed by atoms with Crippen LogP contribution >= 0.6 is 0 Å². The van der Waals surface area contributed by atoms with Gasteiger partial charge in [0.1, 0.15) is 0 Å². The molecule has 1 N–H and O–H groups in total. The molecule has 0 aliphatic carbocycles. The van der Waals surface area contributed by atoms with Gasteiger partial charge in [-0.1, -0.05) is 18.2 Å². The van der Waals surface area contributed by atoms with Gasteiger partial charge in [0.05, 0.1) is 0 Å². The molecule has 1 aromatic carbocycles. The fourth-order valence-electron chi connectivity index (χ4n) is 4.32. The Balaban J connectivity index is 1.34. The molecule has 2 unspecified atom stereocenters. The molecule has 3 aliphatic rings. The number of anilines is 1. The minimum Gasteiger partial charge on any atom is -0.371 e. The number of likely N-dealkylation sites (tertiary alicyclic amines) is 1. The summed E-state index contributed by atoms with van der Waals surface area (Å²) in [6, 6.07) is 11.7. The monoisotopic (exact) mass is 271 g/mol. The second kappa shape index (κ2) is 5.38. The number of rotatable bonds is 2. The van der Waals surface area contributed by atoms with Gasteiger partial charge in [-0.25, -0.2) is 0 Å². The van der Waals surface area contributed by atoms with Crippen LogP contribution in [0.25, 0.3) is 0 Å². The van der Waals surface area contributed by atoms with Gasteiger partial charge >= 0.3 is 0 Å². The van der Waals surface area contributed by atoms with Crippen LogP contribution in [0.4, 0.5) is 5.69 Å². The van der Waals surface area contributed by atoms with Crippen LogP contribution in [0.3, 0.4) is 0 Å². The first-order chi connectivity index (χ1) is 9.90. The van der Waals surface area contributed by atoms with Gasteiger partial charge in [-0.15, -0.1) is 0 Å². The fraction of sp³-hybridized carbons (Fsp3) is 0.647. The zero-order chi connectivity index (χ0) is 13.4. The lowest BCUT2D eigenvalue weighted by atomic mass is 10.0. The smallest absolute Gasteiger partial charge is 0.0366 e. The summed E-state index contributed by atoms with van der Waals surface area (Å²) in [6.45, 7) is 7.63. The van der Waals surface area contributed by atoms with Crippen molar-refractivity contribution in [3.05, 3.63) is 30.3 Å². The van der Waals surface area contributed by atoms with Crippen molar-refractivity contribution in [3.63, 3.8) is 0 Å². The number of nitrogens with one attached hydrogen (secondary N) is 1. The van der Waals surface area contributed by atoms with Crippen LogP contribution in [0.1, 0.15) is 12.8 Å². The highest BCUT2D eigenvalue weighted by Gasteiger charge is 2.39. The average molecular weight is 271 g/mol. The van der Waals surface area contributed by atoms with Gasteiger partial charge in [-0.3, -0.25) is 4.90 Å². The SMILES string of the molecule is c1ccc(N2CCC(N3CC4CNCC4C3)CC2)cc1. The first-order valence-corrected chi connectivity index (χ1v) is 8.15. The normalized spacial score (nSPS) is 31.7. The van der Waals surface area contributed by atoms with E-state index < -0.39 is 0 Å². The largest absolute Gasteiger partial charge is 0.371 e. The molecule has 0 spiro atoms. The molecular formula is C17H25N3. The zero-order valence-electron chi connectivity index (χ0n) is 12.2. The predicted molar refractivity (Wildman–Crippen MR) is 83.1 cm³/mol. The summed E-state index contributed by atoms with van der Waals surface area (Å²) in [7, 11) is 0. The third-order valence-electron chi connectivity index (χ3n) is 5.52. The van der Waals surface area contributed by atoms with Crippen molar-refractivity contribution < 1.29 is 0 Å². The Labute approximate surface area is 121 Å². The van der Waals surface area contributed by atoms with Crippen molar-refractivity contribution in [2.24, 2.45) is 11.8 Å². The van der Waals surface area contributed by atoms with Gasteiger partial charge in [0, 0.05) is 37.9 Å². The maximum Gasteiger partial charge on any atom is 0.0366 e. The van der Waals surface area contributed by atoms with Crippen molar-refractivity contribution in [1.29, 1.82) is 0 Å². The molecule has 4 rings (SSSR count). The number of hydrogen-bond acceptors (Lipinski definition) is 3. The van der Waals surface area contributed by atoms with Crippen LogP contribution in [-0.4, -0.2) is 50.2 Å². The maximum absolute atomic E-state index is 3.54. The van der Waals surface area contributed by atoms with Crippen LogP contribution in [0, 0.1) is 11.8 Å². The lowest BCUT2D eigenvalue weighted by Gasteiger charge is -2.38. The van der Waals surface area contributed by atoms with E-state index in [0.29, 0.717) is 0 Å². The van der Waals surface area contributed by atoms with Crippen molar-refractivity contribution in [2.45, 2.75) is 18.9 Å². The minimum absolute atomic E-state index is 0.834. The van der Waals surface area contributed by atoms with Gasteiger partial charge in [-0.2, -0.15) is 0 Å². The number of benzene rings is 1. The van der Waals surface area contributed by atoms with E-state index in [0.717, 1.165) is 17.9 Å². The average Bonchev–Trinajstić information content (AvgIpc) is 3.10. The number of nitrogens with zero attached hydrogens (tertiary/aromatic N) is 2. The van der Waals surface area contributed by atoms with Crippen LogP contribution in [0.5, 0.6) is 0 Å². The standard InChI is InChI=1S/C17H25N3/c1-2-4-16(5-3-1)19-8-6-17(7-9-19)20-12-14-10-18-11-15(14)13-20/h1-5,14-15,17-18H,6-13H2. The molecule has 108 valence electrons. The van der Waals surface area contributed by atoms with E-state index >= 15 is 0 Å². The summed E-state index contributed by atoms with van der Waals surface area (Å²) < 4.78 is 0. The Morgan fingerprint density at radius 1 is 0.900 bits per heavy atom. The number of piperidine rings is 1. The molecule has 20 heavy (non-hydrogen) atoms. The Bertz CT molecular complexity index is 427. The van der Waals surface area contributed by atoms with Crippen molar-refractivity contribution in [1.82, 2.24) is 10.2 Å². The number of hydrogen-bond donors (Lipinski definition) is 1. The molecule has 0 bridgehead atoms. The summed E-state index contributed by atoms with van der Waals surface area (Å²) in [5, 5.41) is 3.54. The van der Waals surface area contributed by atoms with Gasteiger partial charge in [-0.05, 0) is 49.9 Å². The highest BCUT2D eigenvalue weighted by Crippen LogP contribution is 2.31. The third kappa shape index (κ3) is 2.33. The Hall–Kier alpha value is -1.06. The summed E-state index contributed by atoms with van der Waals surface area (Å²) in [5.41, 5.74) is 1.40. The van der Waals surface area contributed by atoms with E-state index in [1.165, 1.54) is 57.8 Å². The second-order valence-corrected chi connectivity index (χ2v) is 6.69. The molecule has 0 radical (unpaired) electrons. The van der Waals surface area contributed by atoms with E-state index in [-0.39, 0.29) is 0 Å². The summed E-state index contributed by atoms with van der Waals surface area (Å²) in [5.74, 6) is 1.87. The lowest BCUT2D eigenvalue weighted by Crippen LogP contribution is -2.44. The Morgan fingerprint density at radius 3 is 2.20 bits per heavy atom. The molecule has 1 aromatic rings. The summed E-state index contributed by atoms with van der Waals surface area (Å²) in [6.07, 6.45) is 2.67. The van der Waals surface area contributed by atoms with Gasteiger partial charge < -0.3 is 10.2 Å². The summed E-state index contributed by atoms with van der Waals surface area (Å²) in [4.78, 5) is 5.34. The predicted octanol–water partition coefficient (Wildman–Crippen LogP) is 1.81. The van der Waals surface area contributed by atoms with Crippen molar-refractivity contribution in [3.8, 4) is 0 Å². The second-order valence-electron chi connectivity index (χ2n) is 6.69. The topological polar surface area (TPSA) is 18.5 Å². The van der Waals surface area contributed by atoms with E-state index in [2.05, 4.69) is 45.4 Å². The van der Waals surface area contributed by atoms with Crippen LogP contribution in [-0.2, 0) is 0 Å². The molecule has 0 amide bonds.